The molecule has 7 heteroatoms. The number of halogens is 1. The zero-order chi connectivity index (χ0) is 19.9. The van der Waals surface area contributed by atoms with Crippen molar-refractivity contribution < 1.29 is 9.18 Å². The normalized spacial score (nSPS) is 15.9. The van der Waals surface area contributed by atoms with Gasteiger partial charge in [-0.15, -0.1) is 0 Å². The molecule has 1 fully saturated rings. The molecule has 0 saturated carbocycles. The largest absolute Gasteiger partial charge is 0.356 e. The van der Waals surface area contributed by atoms with E-state index >= 15 is 0 Å². The van der Waals surface area contributed by atoms with Crippen LogP contribution < -0.4 is 4.90 Å². The molecule has 0 N–H and O–H groups in total. The van der Waals surface area contributed by atoms with Gasteiger partial charge in [0.15, 0.2) is 11.4 Å². The van der Waals surface area contributed by atoms with Gasteiger partial charge in [0, 0.05) is 24.6 Å². The molecule has 1 aliphatic heterocycles. The topological polar surface area (TPSA) is 63.9 Å². The number of benzene rings is 1. The van der Waals surface area contributed by atoms with Gasteiger partial charge in [-0.2, -0.15) is 5.10 Å². The molecule has 0 unspecified atom stereocenters. The summed E-state index contributed by atoms with van der Waals surface area (Å²) < 4.78 is 15.0. The van der Waals surface area contributed by atoms with E-state index in [2.05, 4.69) is 40.7 Å². The molecule has 3 heterocycles. The number of piperidine rings is 1. The van der Waals surface area contributed by atoms with Gasteiger partial charge < -0.3 is 4.90 Å². The summed E-state index contributed by atoms with van der Waals surface area (Å²) in [6.07, 6.45) is 4.90. The Morgan fingerprint density at radius 3 is 2.43 bits per heavy atom. The van der Waals surface area contributed by atoms with Gasteiger partial charge in [0.25, 0.3) is 0 Å². The maximum absolute atomic E-state index is 13.1. The Bertz CT molecular complexity index is 998. The monoisotopic (exact) mass is 381 g/mol. The predicted octanol–water partition coefficient (Wildman–Crippen LogP) is 3.82. The Morgan fingerprint density at radius 2 is 1.79 bits per heavy atom. The SMILES string of the molecule is CC(C)(C)n1ncc2c(N3CCC(C(=O)c4ccc(F)cc4)CC3)ncnc21. The molecule has 1 aliphatic rings. The second-order valence-corrected chi connectivity index (χ2v) is 8.29. The van der Waals surface area contributed by atoms with Gasteiger partial charge in [0.05, 0.1) is 17.1 Å². The highest BCUT2D eigenvalue weighted by atomic mass is 19.1. The Labute approximate surface area is 163 Å². The highest BCUT2D eigenvalue weighted by Crippen LogP contribution is 2.30. The number of nitrogens with zero attached hydrogens (tertiary/aromatic N) is 5. The van der Waals surface area contributed by atoms with Gasteiger partial charge in [-0.05, 0) is 57.9 Å². The number of anilines is 1. The van der Waals surface area contributed by atoms with E-state index in [4.69, 9.17) is 0 Å². The van der Waals surface area contributed by atoms with E-state index in [0.29, 0.717) is 5.56 Å². The number of fused-ring (bicyclic) bond motifs is 1. The zero-order valence-corrected chi connectivity index (χ0v) is 16.4. The van der Waals surface area contributed by atoms with Crippen molar-refractivity contribution in [1.29, 1.82) is 0 Å². The van der Waals surface area contributed by atoms with Crippen LogP contribution in [0.15, 0.2) is 36.8 Å². The second kappa shape index (κ2) is 6.96. The fourth-order valence-electron chi connectivity index (χ4n) is 3.78. The van der Waals surface area contributed by atoms with E-state index in [9.17, 15) is 9.18 Å². The van der Waals surface area contributed by atoms with Crippen LogP contribution in [0.2, 0.25) is 0 Å². The van der Waals surface area contributed by atoms with Crippen molar-refractivity contribution in [3.05, 3.63) is 48.2 Å². The molecule has 1 saturated heterocycles. The summed E-state index contributed by atoms with van der Waals surface area (Å²) in [5.74, 6) is 0.590. The molecule has 0 aliphatic carbocycles. The molecule has 0 bridgehead atoms. The number of carbonyl (C=O) groups excluding carboxylic acids is 1. The summed E-state index contributed by atoms with van der Waals surface area (Å²) >= 11 is 0. The van der Waals surface area contributed by atoms with Gasteiger partial charge in [-0.3, -0.25) is 4.79 Å². The lowest BCUT2D eigenvalue weighted by Gasteiger charge is -2.32. The predicted molar refractivity (Wildman–Crippen MR) is 106 cm³/mol. The third-order valence-electron chi connectivity index (χ3n) is 5.27. The lowest BCUT2D eigenvalue weighted by Crippen LogP contribution is -2.37. The van der Waals surface area contributed by atoms with E-state index in [-0.39, 0.29) is 23.1 Å². The summed E-state index contributed by atoms with van der Waals surface area (Å²) in [6.45, 7) is 7.75. The first kappa shape index (κ1) is 18.5. The zero-order valence-electron chi connectivity index (χ0n) is 16.4. The van der Waals surface area contributed by atoms with Crippen molar-refractivity contribution >= 4 is 22.6 Å². The lowest BCUT2D eigenvalue weighted by atomic mass is 9.89. The number of ketones is 1. The van der Waals surface area contributed by atoms with Crippen LogP contribution in [0.1, 0.15) is 44.0 Å². The molecule has 4 rings (SSSR count). The minimum absolute atomic E-state index is 0.0451. The van der Waals surface area contributed by atoms with E-state index in [1.54, 1.807) is 18.5 Å². The van der Waals surface area contributed by atoms with Gasteiger partial charge in [-0.25, -0.2) is 19.0 Å². The summed E-state index contributed by atoms with van der Waals surface area (Å²) in [7, 11) is 0. The van der Waals surface area contributed by atoms with Crippen LogP contribution in [0.3, 0.4) is 0 Å². The summed E-state index contributed by atoms with van der Waals surface area (Å²) in [4.78, 5) is 23.8. The number of hydrogen-bond acceptors (Lipinski definition) is 5. The maximum Gasteiger partial charge on any atom is 0.166 e. The number of carbonyl (C=O) groups is 1. The highest BCUT2D eigenvalue weighted by Gasteiger charge is 2.28. The van der Waals surface area contributed by atoms with Crippen LogP contribution in [0, 0.1) is 11.7 Å². The highest BCUT2D eigenvalue weighted by molar-refractivity contribution is 5.98. The molecule has 28 heavy (non-hydrogen) atoms. The number of Topliss-reactive ketones (excluding diaryl/α,β-unsaturated/α-hetero) is 1. The molecule has 146 valence electrons. The first-order chi connectivity index (χ1) is 13.3. The van der Waals surface area contributed by atoms with E-state index < -0.39 is 0 Å². The third-order valence-corrected chi connectivity index (χ3v) is 5.27. The summed E-state index contributed by atoms with van der Waals surface area (Å²) in [5, 5.41) is 5.45. The maximum atomic E-state index is 13.1. The molecular formula is C21H24FN5O. The molecule has 3 aromatic rings. The van der Waals surface area contributed by atoms with Crippen molar-refractivity contribution in [3.8, 4) is 0 Å². The van der Waals surface area contributed by atoms with E-state index in [1.807, 2.05) is 10.9 Å². The van der Waals surface area contributed by atoms with Gasteiger partial charge in [-0.1, -0.05) is 0 Å². The van der Waals surface area contributed by atoms with Crippen molar-refractivity contribution in [1.82, 2.24) is 19.7 Å². The van der Waals surface area contributed by atoms with Crippen LogP contribution >= 0.6 is 0 Å². The minimum Gasteiger partial charge on any atom is -0.356 e. The quantitative estimate of drug-likeness (QED) is 0.646. The number of hydrogen-bond donors (Lipinski definition) is 0. The van der Waals surface area contributed by atoms with Crippen LogP contribution in [0.25, 0.3) is 11.0 Å². The summed E-state index contributed by atoms with van der Waals surface area (Å²) in [5.41, 5.74) is 1.24. The van der Waals surface area contributed by atoms with Crippen LogP contribution in [-0.4, -0.2) is 38.6 Å². The average Bonchev–Trinajstić information content (AvgIpc) is 3.13. The van der Waals surface area contributed by atoms with Crippen molar-refractivity contribution in [2.45, 2.75) is 39.2 Å². The van der Waals surface area contributed by atoms with E-state index in [1.165, 1.54) is 12.1 Å². The second-order valence-electron chi connectivity index (χ2n) is 8.29. The van der Waals surface area contributed by atoms with Crippen molar-refractivity contribution in [2.75, 3.05) is 18.0 Å². The fourth-order valence-corrected chi connectivity index (χ4v) is 3.78. The first-order valence-electron chi connectivity index (χ1n) is 9.58. The number of rotatable bonds is 3. The molecule has 2 aromatic heterocycles. The molecule has 6 nitrogen and oxygen atoms in total. The molecule has 0 amide bonds. The minimum atomic E-state index is -0.324. The fraction of sp³-hybridized carbons (Fsp3) is 0.429. The molecule has 0 spiro atoms. The van der Waals surface area contributed by atoms with Gasteiger partial charge >= 0.3 is 0 Å². The Hall–Kier alpha value is -2.83. The molecule has 0 radical (unpaired) electrons. The third kappa shape index (κ3) is 3.37. The van der Waals surface area contributed by atoms with Gasteiger partial charge in [0.1, 0.15) is 18.0 Å². The molecule has 1 aromatic carbocycles. The number of aromatic nitrogens is 4. The van der Waals surface area contributed by atoms with Gasteiger partial charge in [0.2, 0.25) is 0 Å². The van der Waals surface area contributed by atoms with Crippen LogP contribution in [-0.2, 0) is 5.54 Å². The Balaban J connectivity index is 1.52. The summed E-state index contributed by atoms with van der Waals surface area (Å²) in [6, 6.07) is 5.82. The first-order valence-corrected chi connectivity index (χ1v) is 9.58. The van der Waals surface area contributed by atoms with Crippen molar-refractivity contribution in [3.63, 3.8) is 0 Å². The van der Waals surface area contributed by atoms with E-state index in [0.717, 1.165) is 42.8 Å². The Kier molecular flexibility index (Phi) is 4.61. The standard InChI is InChI=1S/C21H24FN5O/c1-21(2,3)27-20-17(12-25-27)19(23-13-24-20)26-10-8-15(9-11-26)18(28)14-4-6-16(22)7-5-14/h4-7,12-13,15H,8-11H2,1-3H3. The van der Waals surface area contributed by atoms with Crippen LogP contribution in [0.5, 0.6) is 0 Å². The Morgan fingerprint density at radius 1 is 1.11 bits per heavy atom. The smallest absolute Gasteiger partial charge is 0.166 e. The lowest BCUT2D eigenvalue weighted by molar-refractivity contribution is 0.0900. The average molecular weight is 381 g/mol. The van der Waals surface area contributed by atoms with Crippen molar-refractivity contribution in [2.24, 2.45) is 5.92 Å². The van der Waals surface area contributed by atoms with Crippen LogP contribution in [0.4, 0.5) is 10.2 Å². The molecule has 0 atom stereocenters. The molecular weight excluding hydrogens is 357 g/mol.